The second kappa shape index (κ2) is 3.27. The van der Waals surface area contributed by atoms with Crippen LogP contribution in [0.2, 0.25) is 0 Å². The van der Waals surface area contributed by atoms with Crippen LogP contribution in [-0.2, 0) is 6.54 Å². The Bertz CT molecular complexity index is 337. The first kappa shape index (κ1) is 8.78. The lowest BCUT2D eigenvalue weighted by atomic mass is 10.2. The molecule has 0 aromatic carbocycles. The average Bonchev–Trinajstić information content (AvgIpc) is 3.07. The fraction of sp³-hybridized carbons (Fsp3) is 0.727. The Morgan fingerprint density at radius 1 is 1.29 bits per heavy atom. The van der Waals surface area contributed by atoms with Crippen molar-refractivity contribution in [3.63, 3.8) is 0 Å². The fourth-order valence-electron chi connectivity index (χ4n) is 2.00. The Hall–Kier alpha value is -0.500. The first-order valence-corrected chi connectivity index (χ1v) is 6.05. The third kappa shape index (κ3) is 1.56. The van der Waals surface area contributed by atoms with Crippen molar-refractivity contribution < 1.29 is 0 Å². The van der Waals surface area contributed by atoms with Crippen LogP contribution in [0.25, 0.3) is 0 Å². The van der Waals surface area contributed by atoms with Crippen LogP contribution < -0.4 is 0 Å². The van der Waals surface area contributed by atoms with E-state index in [2.05, 4.69) is 15.8 Å². The molecule has 0 amide bonds. The Kier molecular flexibility index (Phi) is 2.05. The molecule has 3 heteroatoms. The van der Waals surface area contributed by atoms with Crippen molar-refractivity contribution in [3.05, 3.63) is 17.5 Å². The van der Waals surface area contributed by atoms with Crippen molar-refractivity contribution in [3.8, 4) is 0 Å². The smallest absolute Gasteiger partial charge is 0.0658 e. The fourth-order valence-corrected chi connectivity index (χ4v) is 2.16. The standard InChI is InChI=1S/C11H15ClN2/c12-5-6-14-11(9-3-4-9)7-10(13-14)8-1-2-8/h7-9H,1-6H2. The molecule has 2 nitrogen and oxygen atoms in total. The normalized spacial score (nSPS) is 21.5. The summed E-state index contributed by atoms with van der Waals surface area (Å²) in [4.78, 5) is 0. The van der Waals surface area contributed by atoms with Gasteiger partial charge in [0.1, 0.15) is 0 Å². The molecule has 2 aliphatic rings. The van der Waals surface area contributed by atoms with Gasteiger partial charge in [-0.25, -0.2) is 0 Å². The van der Waals surface area contributed by atoms with Crippen molar-refractivity contribution in [1.29, 1.82) is 0 Å². The molecule has 3 rings (SSSR count). The van der Waals surface area contributed by atoms with Gasteiger partial charge in [0.15, 0.2) is 0 Å². The average molecular weight is 211 g/mol. The number of halogens is 1. The SMILES string of the molecule is ClCCn1nc(C2CC2)cc1C1CC1. The molecule has 1 aromatic rings. The minimum Gasteiger partial charge on any atom is -0.268 e. The number of alkyl halides is 1. The monoisotopic (exact) mass is 210 g/mol. The zero-order valence-electron chi connectivity index (χ0n) is 8.25. The lowest BCUT2D eigenvalue weighted by Crippen LogP contribution is -2.05. The molecule has 76 valence electrons. The molecule has 2 saturated carbocycles. The van der Waals surface area contributed by atoms with E-state index in [9.17, 15) is 0 Å². The Labute approximate surface area is 89.2 Å². The van der Waals surface area contributed by atoms with Crippen LogP contribution in [0.15, 0.2) is 6.07 Å². The summed E-state index contributed by atoms with van der Waals surface area (Å²) in [5.74, 6) is 2.23. The Morgan fingerprint density at radius 2 is 2.00 bits per heavy atom. The van der Waals surface area contributed by atoms with Gasteiger partial charge in [0, 0.05) is 23.4 Å². The lowest BCUT2D eigenvalue weighted by Gasteiger charge is -2.02. The van der Waals surface area contributed by atoms with Crippen LogP contribution in [0.3, 0.4) is 0 Å². The van der Waals surface area contributed by atoms with Crippen molar-refractivity contribution in [2.24, 2.45) is 0 Å². The second-order valence-electron chi connectivity index (χ2n) is 4.45. The summed E-state index contributed by atoms with van der Waals surface area (Å²) in [6, 6.07) is 2.32. The van der Waals surface area contributed by atoms with Gasteiger partial charge in [-0.1, -0.05) is 0 Å². The number of nitrogens with zero attached hydrogens (tertiary/aromatic N) is 2. The predicted molar refractivity (Wildman–Crippen MR) is 56.9 cm³/mol. The number of aromatic nitrogens is 2. The van der Waals surface area contributed by atoms with Crippen LogP contribution in [0, 0.1) is 0 Å². The Morgan fingerprint density at radius 3 is 2.57 bits per heavy atom. The van der Waals surface area contributed by atoms with E-state index in [-0.39, 0.29) is 0 Å². The van der Waals surface area contributed by atoms with E-state index in [0.29, 0.717) is 5.88 Å². The summed E-state index contributed by atoms with van der Waals surface area (Å²) in [5, 5.41) is 4.66. The molecule has 1 heterocycles. The summed E-state index contributed by atoms with van der Waals surface area (Å²) >= 11 is 5.78. The maximum Gasteiger partial charge on any atom is 0.0658 e. The molecule has 14 heavy (non-hydrogen) atoms. The van der Waals surface area contributed by atoms with E-state index in [0.717, 1.165) is 18.4 Å². The summed E-state index contributed by atoms with van der Waals surface area (Å²) in [6.45, 7) is 0.875. The van der Waals surface area contributed by atoms with Crippen molar-refractivity contribution in [1.82, 2.24) is 9.78 Å². The first-order valence-electron chi connectivity index (χ1n) is 5.52. The minimum atomic E-state index is 0.672. The predicted octanol–water partition coefficient (Wildman–Crippen LogP) is 2.88. The van der Waals surface area contributed by atoms with Gasteiger partial charge in [-0.15, -0.1) is 11.6 Å². The number of hydrogen-bond donors (Lipinski definition) is 0. The minimum absolute atomic E-state index is 0.672. The molecule has 0 N–H and O–H groups in total. The van der Waals surface area contributed by atoms with Gasteiger partial charge in [-0.2, -0.15) is 5.10 Å². The number of aryl methyl sites for hydroxylation is 1. The molecule has 1 aromatic heterocycles. The van der Waals surface area contributed by atoms with E-state index >= 15 is 0 Å². The van der Waals surface area contributed by atoms with Crippen molar-refractivity contribution in [2.75, 3.05) is 5.88 Å². The number of rotatable bonds is 4. The molecule has 0 spiro atoms. The van der Waals surface area contributed by atoms with Gasteiger partial charge in [-0.3, -0.25) is 4.68 Å². The highest BCUT2D eigenvalue weighted by molar-refractivity contribution is 6.17. The van der Waals surface area contributed by atoms with Gasteiger partial charge in [0.25, 0.3) is 0 Å². The third-order valence-corrected chi connectivity index (χ3v) is 3.29. The zero-order valence-corrected chi connectivity index (χ0v) is 9.00. The molecule has 2 aliphatic carbocycles. The third-order valence-electron chi connectivity index (χ3n) is 3.12. The first-order chi connectivity index (χ1) is 6.88. The van der Waals surface area contributed by atoms with E-state index in [1.807, 2.05) is 0 Å². The molecule has 2 fully saturated rings. The molecule has 0 bridgehead atoms. The van der Waals surface area contributed by atoms with E-state index in [1.165, 1.54) is 37.1 Å². The highest BCUT2D eigenvalue weighted by Crippen LogP contribution is 2.44. The molecule has 0 atom stereocenters. The number of hydrogen-bond acceptors (Lipinski definition) is 1. The maximum absolute atomic E-state index is 5.78. The zero-order chi connectivity index (χ0) is 9.54. The molecule has 0 unspecified atom stereocenters. The summed E-state index contributed by atoms with van der Waals surface area (Å²) < 4.78 is 2.14. The van der Waals surface area contributed by atoms with Crippen LogP contribution >= 0.6 is 11.6 Å². The lowest BCUT2D eigenvalue weighted by molar-refractivity contribution is 0.618. The van der Waals surface area contributed by atoms with Crippen LogP contribution in [0.5, 0.6) is 0 Å². The summed E-state index contributed by atoms with van der Waals surface area (Å²) in [5.41, 5.74) is 2.75. The van der Waals surface area contributed by atoms with Crippen LogP contribution in [-0.4, -0.2) is 15.7 Å². The van der Waals surface area contributed by atoms with Gasteiger partial charge < -0.3 is 0 Å². The molecule has 0 aliphatic heterocycles. The quantitative estimate of drug-likeness (QED) is 0.699. The molecular weight excluding hydrogens is 196 g/mol. The van der Waals surface area contributed by atoms with Gasteiger partial charge in [-0.05, 0) is 31.7 Å². The van der Waals surface area contributed by atoms with Crippen molar-refractivity contribution in [2.45, 2.75) is 44.1 Å². The van der Waals surface area contributed by atoms with Gasteiger partial charge in [0.2, 0.25) is 0 Å². The van der Waals surface area contributed by atoms with Crippen LogP contribution in [0.4, 0.5) is 0 Å². The van der Waals surface area contributed by atoms with Crippen LogP contribution in [0.1, 0.15) is 48.9 Å². The highest BCUT2D eigenvalue weighted by atomic mass is 35.5. The molecule has 0 radical (unpaired) electrons. The molecule has 0 saturated heterocycles. The largest absolute Gasteiger partial charge is 0.268 e. The summed E-state index contributed by atoms with van der Waals surface area (Å²) in [6.07, 6.45) is 5.36. The topological polar surface area (TPSA) is 17.8 Å². The van der Waals surface area contributed by atoms with E-state index in [1.54, 1.807) is 0 Å². The Balaban J connectivity index is 1.89. The van der Waals surface area contributed by atoms with E-state index < -0.39 is 0 Å². The van der Waals surface area contributed by atoms with E-state index in [4.69, 9.17) is 11.6 Å². The highest BCUT2D eigenvalue weighted by Gasteiger charge is 2.32. The second-order valence-corrected chi connectivity index (χ2v) is 4.83. The van der Waals surface area contributed by atoms with Gasteiger partial charge >= 0.3 is 0 Å². The molecular formula is C11H15ClN2. The summed E-state index contributed by atoms with van der Waals surface area (Å²) in [7, 11) is 0. The maximum atomic E-state index is 5.78. The van der Waals surface area contributed by atoms with Gasteiger partial charge in [0.05, 0.1) is 12.2 Å². The van der Waals surface area contributed by atoms with Crippen molar-refractivity contribution >= 4 is 11.6 Å².